The van der Waals surface area contributed by atoms with Crippen LogP contribution in [0.5, 0.6) is 0 Å². The summed E-state index contributed by atoms with van der Waals surface area (Å²) in [5, 5.41) is 7.18. The van der Waals surface area contributed by atoms with E-state index >= 15 is 0 Å². The van der Waals surface area contributed by atoms with Crippen LogP contribution in [0, 0.1) is 10.7 Å². The van der Waals surface area contributed by atoms with Gasteiger partial charge in [0.2, 0.25) is 4.77 Å². The van der Waals surface area contributed by atoms with E-state index in [9.17, 15) is 0 Å². The third-order valence-electron chi connectivity index (χ3n) is 6.01. The Morgan fingerprint density at radius 3 is 2.81 bits per heavy atom. The van der Waals surface area contributed by atoms with Crippen molar-refractivity contribution in [2.45, 2.75) is 38.4 Å². The van der Waals surface area contributed by atoms with E-state index in [-0.39, 0.29) is 0 Å². The summed E-state index contributed by atoms with van der Waals surface area (Å²) in [6.07, 6.45) is 4.75. The van der Waals surface area contributed by atoms with Crippen LogP contribution in [-0.2, 0) is 26.6 Å². The fourth-order valence-corrected chi connectivity index (χ4v) is 5.58. The van der Waals surface area contributed by atoms with Gasteiger partial charge in [-0.15, -0.1) is 11.3 Å². The van der Waals surface area contributed by atoms with Crippen molar-refractivity contribution in [1.82, 2.24) is 14.3 Å². The normalized spacial score (nSPS) is 22.0. The number of rotatable bonds is 5. The summed E-state index contributed by atoms with van der Waals surface area (Å²) in [5.41, 5.74) is 2.87. The second kappa shape index (κ2) is 7.00. The van der Waals surface area contributed by atoms with Crippen LogP contribution < -0.4 is 4.90 Å². The molecule has 2 atom stereocenters. The molecule has 3 heterocycles. The minimum absolute atomic E-state index is 0.626. The van der Waals surface area contributed by atoms with Crippen molar-refractivity contribution >= 4 is 23.6 Å². The lowest BCUT2D eigenvalue weighted by molar-refractivity contribution is -0.958. The maximum Gasteiger partial charge on any atom is 0.202 e. The Bertz CT molecular complexity index is 997. The van der Waals surface area contributed by atoms with Gasteiger partial charge in [0, 0.05) is 36.2 Å². The number of fused-ring (bicyclic) bond motifs is 1. The summed E-state index contributed by atoms with van der Waals surface area (Å²) in [4.78, 5) is 3.23. The summed E-state index contributed by atoms with van der Waals surface area (Å²) in [6, 6.07) is 13.5. The zero-order valence-electron chi connectivity index (χ0n) is 15.6. The lowest BCUT2D eigenvalue weighted by atomic mass is 9.96. The van der Waals surface area contributed by atoms with Gasteiger partial charge in [-0.25, -0.2) is 0 Å². The number of hydrogen-bond donors (Lipinski definition) is 1. The van der Waals surface area contributed by atoms with Gasteiger partial charge in [-0.3, -0.25) is 0 Å². The standard InChI is InChI=1S/C21H24N4S2/c1-23-19(13-15-5-3-2-4-6-15)22-25(21(23)26)14-24-11-9-18-17(10-12-27-18)20(24)16-7-8-16/h2-6,10,12,16,20H,7-9,11,13-14H2,1H3/p+1/t20-/m1/s1. The van der Waals surface area contributed by atoms with E-state index in [0.29, 0.717) is 6.04 Å². The summed E-state index contributed by atoms with van der Waals surface area (Å²) < 4.78 is 4.97. The molecular formula is C21H25N4S2+. The van der Waals surface area contributed by atoms with Crippen LogP contribution in [0.3, 0.4) is 0 Å². The third kappa shape index (κ3) is 3.30. The molecule has 2 aliphatic rings. The van der Waals surface area contributed by atoms with Crippen molar-refractivity contribution < 1.29 is 4.90 Å². The average Bonchev–Trinajstić information content (AvgIpc) is 3.35. The Hall–Kier alpha value is -1.76. The smallest absolute Gasteiger partial charge is 0.202 e. The summed E-state index contributed by atoms with van der Waals surface area (Å²) in [7, 11) is 2.05. The van der Waals surface area contributed by atoms with Gasteiger partial charge in [-0.2, -0.15) is 9.78 Å². The highest BCUT2D eigenvalue weighted by Crippen LogP contribution is 2.42. The van der Waals surface area contributed by atoms with E-state index in [1.54, 1.807) is 15.3 Å². The van der Waals surface area contributed by atoms with Gasteiger partial charge in [-0.05, 0) is 42.1 Å². The van der Waals surface area contributed by atoms with E-state index in [1.807, 2.05) is 18.4 Å². The zero-order chi connectivity index (χ0) is 18.4. The number of nitrogens with zero attached hydrogens (tertiary/aromatic N) is 3. The maximum absolute atomic E-state index is 5.73. The molecule has 0 spiro atoms. The Kier molecular flexibility index (Phi) is 4.50. The molecule has 1 aliphatic heterocycles. The first-order valence-corrected chi connectivity index (χ1v) is 11.1. The van der Waals surface area contributed by atoms with Crippen LogP contribution in [0.2, 0.25) is 0 Å². The van der Waals surface area contributed by atoms with Crippen molar-refractivity contribution in [3.05, 3.63) is 68.4 Å². The van der Waals surface area contributed by atoms with Gasteiger partial charge < -0.3 is 9.47 Å². The lowest BCUT2D eigenvalue weighted by Gasteiger charge is -2.32. The molecule has 0 saturated heterocycles. The molecule has 1 aliphatic carbocycles. The Morgan fingerprint density at radius 1 is 1.22 bits per heavy atom. The number of thiophene rings is 1. The van der Waals surface area contributed by atoms with Crippen molar-refractivity contribution in [3.63, 3.8) is 0 Å². The predicted molar refractivity (Wildman–Crippen MR) is 111 cm³/mol. The highest BCUT2D eigenvalue weighted by molar-refractivity contribution is 7.71. The van der Waals surface area contributed by atoms with Gasteiger partial charge in [0.05, 0.1) is 6.54 Å². The molecular weight excluding hydrogens is 372 g/mol. The number of hydrogen-bond acceptors (Lipinski definition) is 3. The molecule has 3 aromatic rings. The van der Waals surface area contributed by atoms with Crippen molar-refractivity contribution in [2.75, 3.05) is 6.54 Å². The van der Waals surface area contributed by atoms with Crippen molar-refractivity contribution in [1.29, 1.82) is 0 Å². The largest absolute Gasteiger partial charge is 0.310 e. The molecule has 27 heavy (non-hydrogen) atoms. The van der Waals surface area contributed by atoms with E-state index in [4.69, 9.17) is 17.3 Å². The summed E-state index contributed by atoms with van der Waals surface area (Å²) in [5.74, 6) is 1.89. The maximum atomic E-state index is 5.73. The van der Waals surface area contributed by atoms with Gasteiger partial charge in [-0.1, -0.05) is 30.3 Å². The van der Waals surface area contributed by atoms with Gasteiger partial charge in [0.15, 0.2) is 6.67 Å². The highest BCUT2D eigenvalue weighted by Gasteiger charge is 2.43. The van der Waals surface area contributed by atoms with E-state index in [0.717, 1.165) is 29.6 Å². The summed E-state index contributed by atoms with van der Waals surface area (Å²) in [6.45, 7) is 2.05. The first kappa shape index (κ1) is 17.3. The van der Waals surface area contributed by atoms with Crippen LogP contribution in [-0.4, -0.2) is 20.9 Å². The van der Waals surface area contributed by atoms with E-state index in [1.165, 1.54) is 31.4 Å². The van der Waals surface area contributed by atoms with Crippen LogP contribution >= 0.6 is 23.6 Å². The Morgan fingerprint density at radius 2 is 2.04 bits per heavy atom. The van der Waals surface area contributed by atoms with Crippen LogP contribution in [0.4, 0.5) is 0 Å². The molecule has 6 heteroatoms. The second-order valence-electron chi connectivity index (χ2n) is 7.85. The molecule has 1 aromatic carbocycles. The fraction of sp³-hybridized carbons (Fsp3) is 0.429. The minimum Gasteiger partial charge on any atom is -0.310 e. The molecule has 0 bridgehead atoms. The first-order valence-electron chi connectivity index (χ1n) is 9.78. The van der Waals surface area contributed by atoms with Crippen molar-refractivity contribution in [2.24, 2.45) is 13.0 Å². The number of aromatic nitrogens is 3. The molecule has 4 nitrogen and oxygen atoms in total. The third-order valence-corrected chi connectivity index (χ3v) is 7.49. The minimum atomic E-state index is 0.626. The molecule has 2 aromatic heterocycles. The summed E-state index contributed by atoms with van der Waals surface area (Å²) >= 11 is 7.67. The number of nitrogens with one attached hydrogen (secondary N) is 1. The molecule has 5 rings (SSSR count). The molecule has 1 saturated carbocycles. The first-order chi connectivity index (χ1) is 13.2. The van der Waals surface area contributed by atoms with Gasteiger partial charge in [0.1, 0.15) is 11.9 Å². The Balaban J connectivity index is 1.41. The van der Waals surface area contributed by atoms with E-state index < -0.39 is 0 Å². The van der Waals surface area contributed by atoms with Crippen molar-refractivity contribution in [3.8, 4) is 0 Å². The predicted octanol–water partition coefficient (Wildman–Crippen LogP) is 3.15. The quantitative estimate of drug-likeness (QED) is 0.670. The topological polar surface area (TPSA) is 27.2 Å². The average molecular weight is 398 g/mol. The number of benzene rings is 1. The molecule has 1 N–H and O–H groups in total. The van der Waals surface area contributed by atoms with Crippen LogP contribution in [0.25, 0.3) is 0 Å². The zero-order valence-corrected chi connectivity index (χ0v) is 17.2. The number of quaternary nitrogens is 1. The van der Waals surface area contributed by atoms with Gasteiger partial charge >= 0.3 is 0 Å². The molecule has 1 unspecified atom stereocenters. The SMILES string of the molecule is Cn1c(Cc2ccccc2)nn(C[NH+]2CCc3sccc3[C@H]2C2CC2)c1=S. The Labute approximate surface area is 169 Å². The lowest BCUT2D eigenvalue weighted by Crippen LogP contribution is -3.13. The van der Waals surface area contributed by atoms with Crippen LogP contribution in [0.1, 0.15) is 40.7 Å². The molecule has 0 radical (unpaired) electrons. The highest BCUT2D eigenvalue weighted by atomic mass is 32.1. The fourth-order valence-electron chi connectivity index (χ4n) is 4.44. The van der Waals surface area contributed by atoms with E-state index in [2.05, 4.69) is 51.0 Å². The molecule has 0 amide bonds. The monoisotopic (exact) mass is 397 g/mol. The second-order valence-corrected chi connectivity index (χ2v) is 9.22. The molecule has 1 fully saturated rings. The molecule has 140 valence electrons. The van der Waals surface area contributed by atoms with Crippen LogP contribution in [0.15, 0.2) is 41.8 Å². The van der Waals surface area contributed by atoms with Gasteiger partial charge in [0.25, 0.3) is 0 Å².